The van der Waals surface area contributed by atoms with Crippen molar-refractivity contribution in [2.24, 2.45) is 11.7 Å². The van der Waals surface area contributed by atoms with E-state index in [1.54, 1.807) is 6.26 Å². The minimum absolute atomic E-state index is 0.261. The summed E-state index contributed by atoms with van der Waals surface area (Å²) < 4.78 is 5.57. The Kier molecular flexibility index (Phi) is 4.29. The van der Waals surface area contributed by atoms with Crippen LogP contribution in [0.1, 0.15) is 19.0 Å². The van der Waals surface area contributed by atoms with Crippen molar-refractivity contribution in [2.45, 2.75) is 25.9 Å². The number of hydrogen-bond acceptors (Lipinski definition) is 4. The van der Waals surface area contributed by atoms with Gasteiger partial charge >= 0.3 is 0 Å². The summed E-state index contributed by atoms with van der Waals surface area (Å²) >= 11 is 5.89. The molecular weight excluding hydrogens is 286 g/mol. The first kappa shape index (κ1) is 14.6. The van der Waals surface area contributed by atoms with Gasteiger partial charge in [-0.05, 0) is 50.1 Å². The highest BCUT2D eigenvalue weighted by molar-refractivity contribution is 6.30. The largest absolute Gasteiger partial charge is 0.444 e. The maximum Gasteiger partial charge on any atom is 0.226 e. The number of hydrogen-bond donors (Lipinski definition) is 1. The molecule has 2 aromatic rings. The molecule has 0 amide bonds. The van der Waals surface area contributed by atoms with Gasteiger partial charge in [0.2, 0.25) is 5.89 Å². The van der Waals surface area contributed by atoms with Gasteiger partial charge in [-0.1, -0.05) is 11.6 Å². The molecule has 0 radical (unpaired) electrons. The molecule has 2 atom stereocenters. The molecule has 0 saturated carbocycles. The zero-order chi connectivity index (χ0) is 14.8. The molecule has 21 heavy (non-hydrogen) atoms. The Balaban J connectivity index is 1.64. The third kappa shape index (κ3) is 3.46. The van der Waals surface area contributed by atoms with Gasteiger partial charge in [0.05, 0.1) is 5.69 Å². The third-order valence-corrected chi connectivity index (χ3v) is 4.33. The van der Waals surface area contributed by atoms with Crippen LogP contribution in [0.15, 0.2) is 34.9 Å². The molecule has 2 heterocycles. The molecule has 1 aromatic heterocycles. The molecule has 1 saturated heterocycles. The summed E-state index contributed by atoms with van der Waals surface area (Å²) in [6, 6.07) is 7.78. The first-order chi connectivity index (χ1) is 10.1. The molecule has 3 rings (SSSR count). The van der Waals surface area contributed by atoms with Gasteiger partial charge in [0, 0.05) is 29.7 Å². The van der Waals surface area contributed by atoms with Crippen molar-refractivity contribution in [1.29, 1.82) is 0 Å². The standard InChI is InChI=1S/C16H20ClN3O/c1-11(18)13-6-7-20(8-13)9-15-10-21-16(19-15)12-2-4-14(17)5-3-12/h2-5,10-11,13H,6-9,18H2,1H3. The second-order valence-electron chi connectivity index (χ2n) is 5.79. The second-order valence-corrected chi connectivity index (χ2v) is 6.23. The average Bonchev–Trinajstić information content (AvgIpc) is 3.10. The van der Waals surface area contributed by atoms with E-state index in [0.717, 1.165) is 30.9 Å². The van der Waals surface area contributed by atoms with Crippen molar-refractivity contribution < 1.29 is 4.42 Å². The molecule has 112 valence electrons. The van der Waals surface area contributed by atoms with Crippen molar-refractivity contribution in [3.8, 4) is 11.5 Å². The monoisotopic (exact) mass is 305 g/mol. The summed E-state index contributed by atoms with van der Waals surface area (Å²) in [5.41, 5.74) is 7.88. The highest BCUT2D eigenvalue weighted by atomic mass is 35.5. The van der Waals surface area contributed by atoms with Crippen molar-refractivity contribution in [1.82, 2.24) is 9.88 Å². The Morgan fingerprint density at radius 1 is 1.43 bits per heavy atom. The topological polar surface area (TPSA) is 55.3 Å². The lowest BCUT2D eigenvalue weighted by molar-refractivity contribution is 0.305. The molecule has 2 unspecified atom stereocenters. The summed E-state index contributed by atoms with van der Waals surface area (Å²) in [4.78, 5) is 6.95. The van der Waals surface area contributed by atoms with Crippen LogP contribution in [-0.4, -0.2) is 29.0 Å². The van der Waals surface area contributed by atoms with E-state index >= 15 is 0 Å². The van der Waals surface area contributed by atoms with E-state index in [4.69, 9.17) is 21.8 Å². The Labute approximate surface area is 129 Å². The predicted octanol–water partition coefficient (Wildman–Crippen LogP) is 3.16. The van der Waals surface area contributed by atoms with Gasteiger partial charge in [-0.15, -0.1) is 0 Å². The molecule has 0 aliphatic carbocycles. The summed E-state index contributed by atoms with van der Waals surface area (Å²) in [6.45, 7) is 5.03. The van der Waals surface area contributed by atoms with E-state index in [2.05, 4.69) is 16.8 Å². The van der Waals surface area contributed by atoms with Crippen LogP contribution in [0.3, 0.4) is 0 Å². The average molecular weight is 306 g/mol. The van der Waals surface area contributed by atoms with Gasteiger partial charge in [-0.3, -0.25) is 4.90 Å². The van der Waals surface area contributed by atoms with E-state index in [1.165, 1.54) is 6.42 Å². The predicted molar refractivity (Wildman–Crippen MR) is 84.0 cm³/mol. The second kappa shape index (κ2) is 6.18. The molecule has 1 aliphatic rings. The highest BCUT2D eigenvalue weighted by Gasteiger charge is 2.25. The summed E-state index contributed by atoms with van der Waals surface area (Å²) in [5.74, 6) is 1.23. The molecule has 1 fully saturated rings. The number of rotatable bonds is 4. The van der Waals surface area contributed by atoms with Gasteiger partial charge in [-0.25, -0.2) is 4.98 Å². The molecule has 5 heteroatoms. The highest BCUT2D eigenvalue weighted by Crippen LogP contribution is 2.23. The number of halogens is 1. The lowest BCUT2D eigenvalue weighted by Crippen LogP contribution is -2.29. The zero-order valence-electron chi connectivity index (χ0n) is 12.1. The third-order valence-electron chi connectivity index (χ3n) is 4.08. The Hall–Kier alpha value is -1.36. The Morgan fingerprint density at radius 3 is 2.86 bits per heavy atom. The van der Waals surface area contributed by atoms with Crippen LogP contribution in [0, 0.1) is 5.92 Å². The molecule has 0 bridgehead atoms. The van der Waals surface area contributed by atoms with E-state index in [0.29, 0.717) is 16.8 Å². The maximum absolute atomic E-state index is 5.97. The molecule has 1 aliphatic heterocycles. The molecule has 0 spiro atoms. The SMILES string of the molecule is CC(N)C1CCN(Cc2coc(-c3ccc(Cl)cc3)n2)C1. The molecule has 1 aromatic carbocycles. The van der Waals surface area contributed by atoms with Crippen molar-refractivity contribution >= 4 is 11.6 Å². The molecule has 4 nitrogen and oxygen atoms in total. The van der Waals surface area contributed by atoms with E-state index in [1.807, 2.05) is 24.3 Å². The zero-order valence-corrected chi connectivity index (χ0v) is 12.9. The summed E-state index contributed by atoms with van der Waals surface area (Å²) in [5, 5.41) is 0.713. The van der Waals surface area contributed by atoms with Gasteiger partial charge in [0.15, 0.2) is 0 Å². The van der Waals surface area contributed by atoms with Crippen LogP contribution in [-0.2, 0) is 6.54 Å². The first-order valence-corrected chi connectivity index (χ1v) is 7.68. The lowest BCUT2D eigenvalue weighted by Gasteiger charge is -2.16. The van der Waals surface area contributed by atoms with Crippen LogP contribution >= 0.6 is 11.6 Å². The minimum atomic E-state index is 0.261. The quantitative estimate of drug-likeness (QED) is 0.942. The maximum atomic E-state index is 5.97. The van der Waals surface area contributed by atoms with Crippen molar-refractivity contribution in [3.63, 3.8) is 0 Å². The van der Waals surface area contributed by atoms with Crippen LogP contribution in [0.2, 0.25) is 5.02 Å². The van der Waals surface area contributed by atoms with E-state index < -0.39 is 0 Å². The number of nitrogens with zero attached hydrogens (tertiary/aromatic N) is 2. The van der Waals surface area contributed by atoms with Crippen LogP contribution < -0.4 is 5.73 Å². The molecule has 2 N–H and O–H groups in total. The Morgan fingerprint density at radius 2 is 2.19 bits per heavy atom. The van der Waals surface area contributed by atoms with Crippen LogP contribution in [0.4, 0.5) is 0 Å². The van der Waals surface area contributed by atoms with Gasteiger partial charge in [0.1, 0.15) is 6.26 Å². The number of likely N-dealkylation sites (tertiary alicyclic amines) is 1. The Bertz CT molecular complexity index is 594. The van der Waals surface area contributed by atoms with E-state index in [9.17, 15) is 0 Å². The normalized spacial score (nSPS) is 20.8. The summed E-state index contributed by atoms with van der Waals surface area (Å²) in [7, 11) is 0. The number of nitrogens with two attached hydrogens (primary N) is 1. The summed E-state index contributed by atoms with van der Waals surface area (Å²) in [6.07, 6.45) is 2.91. The number of benzene rings is 1. The van der Waals surface area contributed by atoms with Gasteiger partial charge in [-0.2, -0.15) is 0 Å². The minimum Gasteiger partial charge on any atom is -0.444 e. The van der Waals surface area contributed by atoms with Crippen LogP contribution in [0.5, 0.6) is 0 Å². The fraction of sp³-hybridized carbons (Fsp3) is 0.438. The van der Waals surface area contributed by atoms with Crippen molar-refractivity contribution in [3.05, 3.63) is 41.2 Å². The smallest absolute Gasteiger partial charge is 0.226 e. The van der Waals surface area contributed by atoms with Crippen LogP contribution in [0.25, 0.3) is 11.5 Å². The number of oxazole rings is 1. The van der Waals surface area contributed by atoms with Crippen molar-refractivity contribution in [2.75, 3.05) is 13.1 Å². The van der Waals surface area contributed by atoms with E-state index in [-0.39, 0.29) is 6.04 Å². The molecular formula is C16H20ClN3O. The fourth-order valence-electron chi connectivity index (χ4n) is 2.77. The van der Waals surface area contributed by atoms with Gasteiger partial charge in [0.25, 0.3) is 0 Å². The fourth-order valence-corrected chi connectivity index (χ4v) is 2.90. The van der Waals surface area contributed by atoms with Gasteiger partial charge < -0.3 is 10.2 Å². The lowest BCUT2D eigenvalue weighted by atomic mass is 10.0. The first-order valence-electron chi connectivity index (χ1n) is 7.30. The number of aromatic nitrogens is 1.